The van der Waals surface area contributed by atoms with Gasteiger partial charge in [0.1, 0.15) is 0 Å². The average Bonchev–Trinajstić information content (AvgIpc) is 2.98. The van der Waals surface area contributed by atoms with E-state index >= 15 is 0 Å². The molecule has 3 rings (SSSR count). The Balaban J connectivity index is 1.61. The van der Waals surface area contributed by atoms with E-state index in [1.165, 1.54) is 0 Å². The number of fused-ring (bicyclic) bond motifs is 1. The molecule has 22 heavy (non-hydrogen) atoms. The number of thiophene rings is 1. The lowest BCUT2D eigenvalue weighted by Crippen LogP contribution is -2.33. The van der Waals surface area contributed by atoms with Gasteiger partial charge in [-0.2, -0.15) is 0 Å². The maximum Gasteiger partial charge on any atom is 0.404 e. The van der Waals surface area contributed by atoms with Crippen molar-refractivity contribution < 1.29 is 9.90 Å². The van der Waals surface area contributed by atoms with Crippen LogP contribution in [-0.4, -0.2) is 28.8 Å². The van der Waals surface area contributed by atoms with Crippen LogP contribution in [0.4, 0.5) is 16.2 Å². The minimum atomic E-state index is -0.940. The lowest BCUT2D eigenvalue weighted by Gasteiger charge is -2.30. The molecule has 2 aromatic heterocycles. The van der Waals surface area contributed by atoms with Gasteiger partial charge in [0.25, 0.3) is 0 Å². The van der Waals surface area contributed by atoms with Gasteiger partial charge in [0.2, 0.25) is 0 Å². The Bertz CT molecular complexity index is 665. The number of hydrogen-bond donors (Lipinski definition) is 4. The molecular weight excluding hydrogens is 300 g/mol. The van der Waals surface area contributed by atoms with Crippen molar-refractivity contribution in [2.75, 3.05) is 17.6 Å². The predicted octanol–water partition coefficient (Wildman–Crippen LogP) is 3.12. The van der Waals surface area contributed by atoms with Crippen LogP contribution in [0.3, 0.4) is 0 Å². The van der Waals surface area contributed by atoms with Crippen molar-refractivity contribution in [2.45, 2.75) is 31.7 Å². The molecule has 1 aliphatic rings. The van der Waals surface area contributed by atoms with Gasteiger partial charge in [-0.15, -0.1) is 11.3 Å². The summed E-state index contributed by atoms with van der Waals surface area (Å²) in [6.45, 7) is 0.550. The average molecular weight is 320 g/mol. The summed E-state index contributed by atoms with van der Waals surface area (Å²) >= 11 is 1.65. The van der Waals surface area contributed by atoms with E-state index in [1.54, 1.807) is 17.5 Å². The maximum atomic E-state index is 10.5. The molecule has 0 spiro atoms. The van der Waals surface area contributed by atoms with Crippen molar-refractivity contribution in [3.8, 4) is 0 Å². The second-order valence-corrected chi connectivity index (χ2v) is 6.69. The van der Waals surface area contributed by atoms with E-state index in [-0.39, 0.29) is 0 Å². The Labute approximate surface area is 132 Å². The van der Waals surface area contributed by atoms with E-state index in [0.717, 1.165) is 41.6 Å². The molecule has 6 nitrogen and oxygen atoms in total. The number of nitrogens with zero attached hydrogens (tertiary/aromatic N) is 1. The van der Waals surface area contributed by atoms with Crippen LogP contribution in [0.2, 0.25) is 0 Å². The van der Waals surface area contributed by atoms with Crippen molar-refractivity contribution in [2.24, 2.45) is 5.92 Å². The first-order valence-corrected chi connectivity index (χ1v) is 8.36. The first-order chi connectivity index (χ1) is 10.6. The molecular formula is C15H20N4O2S. The fourth-order valence-corrected chi connectivity index (χ4v) is 3.89. The van der Waals surface area contributed by atoms with Crippen molar-refractivity contribution >= 4 is 39.0 Å². The summed E-state index contributed by atoms with van der Waals surface area (Å²) in [7, 11) is 0. The van der Waals surface area contributed by atoms with Crippen molar-refractivity contribution in [1.82, 2.24) is 10.3 Å². The second kappa shape index (κ2) is 6.39. The summed E-state index contributed by atoms with van der Waals surface area (Å²) in [5.74, 6) is 0.436. The van der Waals surface area contributed by atoms with Gasteiger partial charge < -0.3 is 21.5 Å². The number of carboxylic acid groups (broad SMARTS) is 1. The summed E-state index contributed by atoms with van der Waals surface area (Å²) in [4.78, 5) is 14.9. The number of nitrogens with one attached hydrogen (secondary N) is 2. The third-order valence-electron chi connectivity index (χ3n) is 4.24. The van der Waals surface area contributed by atoms with Gasteiger partial charge in [-0.05, 0) is 43.0 Å². The standard InChI is InChI=1S/C15H20N4O2S/c16-11-8-17-12-5-6-22-14(12)13(11)19-10-3-1-9(2-4-10)7-18-15(20)21/h5-6,8-10,18H,1-4,7,16H2,(H,17,19)(H,20,21)/t9-,10-. The molecule has 0 atom stereocenters. The van der Waals surface area contributed by atoms with Crippen LogP contribution in [0, 0.1) is 5.92 Å². The molecule has 0 aliphatic heterocycles. The number of anilines is 2. The highest BCUT2D eigenvalue weighted by Crippen LogP contribution is 2.34. The largest absolute Gasteiger partial charge is 0.465 e. The molecule has 1 saturated carbocycles. The summed E-state index contributed by atoms with van der Waals surface area (Å²) in [6, 6.07) is 2.38. The van der Waals surface area contributed by atoms with Crippen LogP contribution in [0.1, 0.15) is 25.7 Å². The Morgan fingerprint density at radius 2 is 2.18 bits per heavy atom. The predicted molar refractivity (Wildman–Crippen MR) is 89.4 cm³/mol. The zero-order valence-corrected chi connectivity index (χ0v) is 13.0. The van der Waals surface area contributed by atoms with Gasteiger partial charge in [0, 0.05) is 12.6 Å². The van der Waals surface area contributed by atoms with E-state index in [1.807, 2.05) is 11.4 Å². The molecule has 0 saturated heterocycles. The maximum absolute atomic E-state index is 10.5. The van der Waals surface area contributed by atoms with Crippen molar-refractivity contribution in [1.29, 1.82) is 0 Å². The number of nitrogen functional groups attached to an aromatic ring is 1. The highest BCUT2D eigenvalue weighted by molar-refractivity contribution is 7.17. The van der Waals surface area contributed by atoms with Gasteiger partial charge in [-0.25, -0.2) is 4.79 Å². The topological polar surface area (TPSA) is 100 Å². The third-order valence-corrected chi connectivity index (χ3v) is 5.16. The van der Waals surface area contributed by atoms with Gasteiger partial charge in [0.05, 0.1) is 27.8 Å². The normalized spacial score (nSPS) is 21.6. The van der Waals surface area contributed by atoms with E-state index in [2.05, 4.69) is 15.6 Å². The molecule has 0 radical (unpaired) electrons. The number of hydrogen-bond acceptors (Lipinski definition) is 5. The molecule has 2 aromatic rings. The third kappa shape index (κ3) is 3.24. The van der Waals surface area contributed by atoms with Gasteiger partial charge >= 0.3 is 6.09 Å². The zero-order chi connectivity index (χ0) is 15.5. The second-order valence-electron chi connectivity index (χ2n) is 5.77. The van der Waals surface area contributed by atoms with Gasteiger partial charge in [-0.3, -0.25) is 4.98 Å². The van der Waals surface area contributed by atoms with Crippen molar-refractivity contribution in [3.63, 3.8) is 0 Å². The summed E-state index contributed by atoms with van der Waals surface area (Å²) in [6.07, 6.45) is 4.87. The van der Waals surface area contributed by atoms with Crippen LogP contribution < -0.4 is 16.4 Å². The lowest BCUT2D eigenvalue weighted by molar-refractivity contribution is 0.190. The molecule has 0 bridgehead atoms. The van der Waals surface area contributed by atoms with E-state index in [0.29, 0.717) is 24.2 Å². The Morgan fingerprint density at radius 1 is 1.41 bits per heavy atom. The number of rotatable bonds is 4. The Kier molecular flexibility index (Phi) is 4.33. The van der Waals surface area contributed by atoms with Crippen molar-refractivity contribution in [3.05, 3.63) is 17.6 Å². The number of carbonyl (C=O) groups is 1. The summed E-state index contributed by atoms with van der Waals surface area (Å²) < 4.78 is 1.11. The number of amides is 1. The number of nitrogens with two attached hydrogens (primary N) is 1. The molecule has 2 heterocycles. The van der Waals surface area contributed by atoms with Gasteiger partial charge in [0.15, 0.2) is 0 Å². The van der Waals surface area contributed by atoms with Crippen LogP contribution in [0.15, 0.2) is 17.6 Å². The highest BCUT2D eigenvalue weighted by atomic mass is 32.1. The fourth-order valence-electron chi connectivity index (χ4n) is 3.02. The van der Waals surface area contributed by atoms with Crippen LogP contribution >= 0.6 is 11.3 Å². The number of aromatic nitrogens is 1. The van der Waals surface area contributed by atoms with E-state index in [4.69, 9.17) is 10.8 Å². The molecule has 0 aromatic carbocycles. The van der Waals surface area contributed by atoms with Crippen LogP contribution in [0.5, 0.6) is 0 Å². The molecule has 7 heteroatoms. The lowest BCUT2D eigenvalue weighted by atomic mass is 9.86. The van der Waals surface area contributed by atoms with Crippen LogP contribution in [-0.2, 0) is 0 Å². The molecule has 1 fully saturated rings. The Morgan fingerprint density at radius 3 is 2.91 bits per heavy atom. The zero-order valence-electron chi connectivity index (χ0n) is 12.2. The summed E-state index contributed by atoms with van der Waals surface area (Å²) in [5, 5.41) is 16.7. The summed E-state index contributed by atoms with van der Waals surface area (Å²) in [5.41, 5.74) is 8.73. The quantitative estimate of drug-likeness (QED) is 0.693. The first-order valence-electron chi connectivity index (χ1n) is 7.48. The minimum absolute atomic E-state index is 0.385. The van der Waals surface area contributed by atoms with E-state index in [9.17, 15) is 4.79 Å². The van der Waals surface area contributed by atoms with E-state index < -0.39 is 6.09 Å². The molecule has 0 unspecified atom stereocenters. The fraction of sp³-hybridized carbons (Fsp3) is 0.467. The molecule has 5 N–H and O–H groups in total. The first kappa shape index (κ1) is 14.9. The Hall–Kier alpha value is -2.02. The van der Waals surface area contributed by atoms with Crippen LogP contribution in [0.25, 0.3) is 10.2 Å². The molecule has 1 amide bonds. The smallest absolute Gasteiger partial charge is 0.404 e. The highest BCUT2D eigenvalue weighted by Gasteiger charge is 2.22. The minimum Gasteiger partial charge on any atom is -0.465 e. The molecule has 118 valence electrons. The number of pyridine rings is 1. The molecule has 1 aliphatic carbocycles. The SMILES string of the molecule is Nc1cnc2ccsc2c1N[C@H]1CC[C@H](CNC(=O)O)CC1. The monoisotopic (exact) mass is 320 g/mol. The van der Waals surface area contributed by atoms with Gasteiger partial charge in [-0.1, -0.05) is 0 Å².